The van der Waals surface area contributed by atoms with Gasteiger partial charge in [-0.05, 0) is 111 Å². The van der Waals surface area contributed by atoms with E-state index in [0.29, 0.717) is 0 Å². The highest BCUT2D eigenvalue weighted by Crippen LogP contribution is 2.53. The van der Waals surface area contributed by atoms with Crippen LogP contribution >= 0.6 is 0 Å². The highest BCUT2D eigenvalue weighted by molar-refractivity contribution is 6.23. The van der Waals surface area contributed by atoms with E-state index in [4.69, 9.17) is 0 Å². The molecule has 0 amide bonds. The normalized spacial score (nSPS) is 14.6. The van der Waals surface area contributed by atoms with Gasteiger partial charge in [0.2, 0.25) is 0 Å². The molecule has 2 nitrogen and oxygen atoms in total. The van der Waals surface area contributed by atoms with Crippen molar-refractivity contribution in [2.24, 2.45) is 0 Å². The van der Waals surface area contributed by atoms with E-state index in [1.165, 1.54) is 110 Å². The fraction of sp³-hybridized carbons (Fsp3) is 0.0741. The molecule has 0 unspecified atom stereocenters. The quantitative estimate of drug-likeness (QED) is 0.172. The molecular weight excluding hydrogens is 677 g/mol. The van der Waals surface area contributed by atoms with Gasteiger partial charge in [0.1, 0.15) is 0 Å². The molecule has 2 heterocycles. The monoisotopic (exact) mass is 714 g/mol. The molecule has 0 radical (unpaired) electrons. The molecule has 12 rings (SSSR count). The van der Waals surface area contributed by atoms with Gasteiger partial charge in [0, 0.05) is 43.7 Å². The van der Waals surface area contributed by atoms with E-state index in [1.807, 2.05) is 0 Å². The van der Waals surface area contributed by atoms with Crippen LogP contribution in [0.25, 0.3) is 98.8 Å². The van der Waals surface area contributed by atoms with Crippen LogP contribution in [-0.2, 0) is 5.41 Å². The zero-order valence-electron chi connectivity index (χ0n) is 31.4. The Morgan fingerprint density at radius 3 is 2.07 bits per heavy atom. The second kappa shape index (κ2) is 11.6. The molecule has 0 N–H and O–H groups in total. The van der Waals surface area contributed by atoms with Crippen molar-refractivity contribution in [3.8, 4) is 27.9 Å². The molecule has 2 heteroatoms. The minimum absolute atomic E-state index is 0.127. The Morgan fingerprint density at radius 1 is 0.482 bits per heavy atom. The van der Waals surface area contributed by atoms with E-state index >= 15 is 0 Å². The third kappa shape index (κ3) is 4.27. The summed E-state index contributed by atoms with van der Waals surface area (Å²) < 4.78 is 4.95. The lowest BCUT2D eigenvalue weighted by Crippen LogP contribution is -2.15. The fourth-order valence-corrected chi connectivity index (χ4v) is 10.1. The second-order valence-corrected chi connectivity index (χ2v) is 16.0. The Balaban J connectivity index is 1.17. The van der Waals surface area contributed by atoms with Crippen LogP contribution in [-0.4, -0.2) is 9.13 Å². The van der Waals surface area contributed by atoms with Crippen LogP contribution in [0.5, 0.6) is 0 Å². The number of nitrogens with zero attached hydrogens (tertiary/aromatic N) is 2. The van der Waals surface area contributed by atoms with Gasteiger partial charge in [-0.15, -0.1) is 0 Å². The van der Waals surface area contributed by atoms with Gasteiger partial charge in [0.05, 0.1) is 22.1 Å². The summed E-state index contributed by atoms with van der Waals surface area (Å²) in [6, 6.07) is 56.8. The van der Waals surface area contributed by atoms with Crippen molar-refractivity contribution in [3.63, 3.8) is 0 Å². The summed E-state index contributed by atoms with van der Waals surface area (Å²) in [5.74, 6) is 0. The first-order valence-electron chi connectivity index (χ1n) is 19.8. The molecular formula is C54H38N2. The van der Waals surface area contributed by atoms with Crippen molar-refractivity contribution in [3.05, 3.63) is 193 Å². The standard InChI is InChI=1S/C54H38N2/c1-54(2)47-28-26-34-16-10-11-21-38(34)52(47)46-32-44-43-30-35(27-29-50(43)55(51(44)33-48(46)54)36-17-6-3-4-7-18-36)42-31-45-40-23-14-15-25-49(40)56(37-19-8-5-9-20-37)53(45)41-24-13-12-22-39(41)42/h3-6,8-33H,7H2,1-2H3. The second-order valence-electron chi connectivity index (χ2n) is 16.0. The van der Waals surface area contributed by atoms with E-state index < -0.39 is 0 Å². The van der Waals surface area contributed by atoms with E-state index in [1.54, 1.807) is 0 Å². The Labute approximate surface area is 325 Å². The molecule has 0 fully saturated rings. The van der Waals surface area contributed by atoms with Crippen LogP contribution in [0.3, 0.4) is 0 Å². The van der Waals surface area contributed by atoms with Gasteiger partial charge in [-0.25, -0.2) is 0 Å². The zero-order valence-corrected chi connectivity index (χ0v) is 31.4. The number of hydrogen-bond donors (Lipinski definition) is 0. The summed E-state index contributed by atoms with van der Waals surface area (Å²) in [6.07, 6.45) is 12.1. The van der Waals surface area contributed by atoms with E-state index in [2.05, 4.69) is 205 Å². The van der Waals surface area contributed by atoms with Gasteiger partial charge in [0.15, 0.2) is 0 Å². The van der Waals surface area contributed by atoms with Crippen LogP contribution in [0.15, 0.2) is 182 Å². The summed E-state index contributed by atoms with van der Waals surface area (Å²) in [7, 11) is 0. The van der Waals surface area contributed by atoms with Crippen molar-refractivity contribution in [2.45, 2.75) is 25.7 Å². The predicted molar refractivity (Wildman–Crippen MR) is 239 cm³/mol. The largest absolute Gasteiger partial charge is 0.310 e. The van der Waals surface area contributed by atoms with Crippen LogP contribution in [0.2, 0.25) is 0 Å². The lowest BCUT2D eigenvalue weighted by molar-refractivity contribution is 0.661. The lowest BCUT2D eigenvalue weighted by atomic mass is 9.82. The molecule has 0 bridgehead atoms. The van der Waals surface area contributed by atoms with Gasteiger partial charge < -0.3 is 9.13 Å². The molecule has 0 saturated heterocycles. The minimum Gasteiger partial charge on any atom is -0.310 e. The average Bonchev–Trinajstić information content (AvgIpc) is 3.71. The molecule has 0 spiro atoms. The molecule has 2 aliphatic carbocycles. The molecule has 8 aromatic carbocycles. The van der Waals surface area contributed by atoms with Crippen LogP contribution in [0.1, 0.15) is 31.4 Å². The first-order valence-corrected chi connectivity index (χ1v) is 19.8. The van der Waals surface area contributed by atoms with Crippen LogP contribution in [0, 0.1) is 0 Å². The molecule has 2 aromatic heterocycles. The van der Waals surface area contributed by atoms with Crippen molar-refractivity contribution in [2.75, 3.05) is 0 Å². The maximum Gasteiger partial charge on any atom is 0.0619 e. The molecule has 2 aliphatic rings. The summed E-state index contributed by atoms with van der Waals surface area (Å²) in [5.41, 5.74) is 15.2. The van der Waals surface area contributed by atoms with Crippen molar-refractivity contribution < 1.29 is 0 Å². The Bertz CT molecular complexity index is 3400. The smallest absolute Gasteiger partial charge is 0.0619 e. The van der Waals surface area contributed by atoms with E-state index in [-0.39, 0.29) is 5.41 Å². The van der Waals surface area contributed by atoms with Gasteiger partial charge in [-0.1, -0.05) is 141 Å². The Morgan fingerprint density at radius 2 is 1.20 bits per heavy atom. The van der Waals surface area contributed by atoms with Crippen molar-refractivity contribution in [1.82, 2.24) is 9.13 Å². The van der Waals surface area contributed by atoms with Gasteiger partial charge in [0.25, 0.3) is 0 Å². The van der Waals surface area contributed by atoms with Crippen LogP contribution in [0.4, 0.5) is 0 Å². The first kappa shape index (κ1) is 31.5. The molecule has 0 aliphatic heterocycles. The Kier molecular flexibility index (Phi) is 6.49. The third-order valence-electron chi connectivity index (χ3n) is 12.7. The zero-order chi connectivity index (χ0) is 37.1. The van der Waals surface area contributed by atoms with E-state index in [9.17, 15) is 0 Å². The molecule has 0 saturated carbocycles. The number of hydrogen-bond acceptors (Lipinski definition) is 0. The van der Waals surface area contributed by atoms with Gasteiger partial charge in [-0.3, -0.25) is 0 Å². The minimum atomic E-state index is -0.127. The SMILES string of the molecule is CC1(C)c2cc3c(cc2-c2c1ccc1ccccc21)c1cc(-c2cc4c5ccccc5n(-c5ccccc5)c4c4ccccc24)ccc1n3C1=CCC=CC=C1. The predicted octanol–water partition coefficient (Wildman–Crippen LogP) is 14.5. The number of rotatable bonds is 3. The number of para-hydroxylation sites is 2. The maximum absolute atomic E-state index is 2.52. The van der Waals surface area contributed by atoms with Crippen molar-refractivity contribution >= 4 is 70.9 Å². The molecule has 10 aromatic rings. The average molecular weight is 715 g/mol. The first-order chi connectivity index (χ1) is 27.6. The number of benzene rings is 8. The molecule has 264 valence electrons. The van der Waals surface area contributed by atoms with Crippen molar-refractivity contribution in [1.29, 1.82) is 0 Å². The summed E-state index contributed by atoms with van der Waals surface area (Å²) in [5, 5.41) is 10.2. The highest BCUT2D eigenvalue weighted by Gasteiger charge is 2.37. The number of aromatic nitrogens is 2. The Hall–Kier alpha value is -6.90. The summed E-state index contributed by atoms with van der Waals surface area (Å²) in [6.45, 7) is 4.79. The summed E-state index contributed by atoms with van der Waals surface area (Å²) in [4.78, 5) is 0. The molecule has 56 heavy (non-hydrogen) atoms. The third-order valence-corrected chi connectivity index (χ3v) is 12.7. The number of fused-ring (bicyclic) bond motifs is 13. The summed E-state index contributed by atoms with van der Waals surface area (Å²) >= 11 is 0. The van der Waals surface area contributed by atoms with Gasteiger partial charge >= 0.3 is 0 Å². The van der Waals surface area contributed by atoms with E-state index in [0.717, 1.165) is 6.42 Å². The fourth-order valence-electron chi connectivity index (χ4n) is 10.1. The van der Waals surface area contributed by atoms with Gasteiger partial charge in [-0.2, -0.15) is 0 Å². The lowest BCUT2D eigenvalue weighted by Gasteiger charge is -2.22. The molecule has 0 atom stereocenters. The highest BCUT2D eigenvalue weighted by atomic mass is 15.0. The number of allylic oxidation sites excluding steroid dienone is 6. The van der Waals surface area contributed by atoms with Crippen LogP contribution < -0.4 is 0 Å². The maximum atomic E-state index is 2.52. The topological polar surface area (TPSA) is 9.86 Å².